The summed E-state index contributed by atoms with van der Waals surface area (Å²) in [7, 11) is 0. The quantitative estimate of drug-likeness (QED) is 0.647. The SMILES string of the molecule is Cc1cc(Br)ccc1OCC(=O)NN=Cc1ccc(C#N)cc1. The van der Waals surface area contributed by atoms with Crippen LogP contribution in [0, 0.1) is 18.3 Å². The number of nitriles is 1. The Balaban J connectivity index is 1.82. The molecule has 0 atom stereocenters. The van der Waals surface area contributed by atoms with Crippen LogP contribution in [0.4, 0.5) is 0 Å². The molecule has 1 amide bonds. The Morgan fingerprint density at radius 1 is 1.35 bits per heavy atom. The van der Waals surface area contributed by atoms with Gasteiger partial charge in [-0.25, -0.2) is 5.43 Å². The van der Waals surface area contributed by atoms with Crippen LogP contribution in [0.1, 0.15) is 16.7 Å². The minimum Gasteiger partial charge on any atom is -0.483 e. The first kappa shape index (κ1) is 16.7. The fourth-order valence-electron chi connectivity index (χ4n) is 1.77. The molecule has 0 aliphatic carbocycles. The van der Waals surface area contributed by atoms with Gasteiger partial charge in [-0.3, -0.25) is 4.79 Å². The van der Waals surface area contributed by atoms with Gasteiger partial charge in [-0.15, -0.1) is 0 Å². The molecule has 0 saturated carbocycles. The van der Waals surface area contributed by atoms with Crippen LogP contribution < -0.4 is 10.2 Å². The van der Waals surface area contributed by atoms with E-state index in [4.69, 9.17) is 10.00 Å². The highest BCUT2D eigenvalue weighted by atomic mass is 79.9. The van der Waals surface area contributed by atoms with Crippen molar-refractivity contribution in [2.45, 2.75) is 6.92 Å². The molecule has 2 aromatic carbocycles. The molecule has 2 aromatic rings. The van der Waals surface area contributed by atoms with Gasteiger partial charge in [-0.1, -0.05) is 28.1 Å². The molecule has 5 nitrogen and oxygen atoms in total. The van der Waals surface area contributed by atoms with Crippen molar-refractivity contribution < 1.29 is 9.53 Å². The van der Waals surface area contributed by atoms with Crippen LogP contribution in [0.2, 0.25) is 0 Å². The van der Waals surface area contributed by atoms with Gasteiger partial charge in [0.15, 0.2) is 6.61 Å². The number of benzene rings is 2. The van der Waals surface area contributed by atoms with Crippen molar-refractivity contribution in [2.24, 2.45) is 5.10 Å². The van der Waals surface area contributed by atoms with E-state index in [1.54, 1.807) is 30.3 Å². The maximum atomic E-state index is 11.7. The third-order valence-electron chi connectivity index (χ3n) is 2.94. The monoisotopic (exact) mass is 371 g/mol. The zero-order chi connectivity index (χ0) is 16.7. The van der Waals surface area contributed by atoms with Gasteiger partial charge in [-0.2, -0.15) is 10.4 Å². The predicted octanol–water partition coefficient (Wildman–Crippen LogP) is 3.16. The minimum atomic E-state index is -0.350. The van der Waals surface area contributed by atoms with Gasteiger partial charge in [0.25, 0.3) is 5.91 Å². The molecule has 0 aromatic heterocycles. The van der Waals surface area contributed by atoms with E-state index in [0.717, 1.165) is 15.6 Å². The number of carbonyl (C=O) groups is 1. The van der Waals surface area contributed by atoms with Crippen molar-refractivity contribution in [1.29, 1.82) is 5.26 Å². The number of amides is 1. The van der Waals surface area contributed by atoms with Gasteiger partial charge in [-0.05, 0) is 48.4 Å². The zero-order valence-corrected chi connectivity index (χ0v) is 14.0. The molecule has 0 radical (unpaired) electrons. The van der Waals surface area contributed by atoms with E-state index in [0.29, 0.717) is 11.3 Å². The van der Waals surface area contributed by atoms with E-state index >= 15 is 0 Å². The second-order valence-corrected chi connectivity index (χ2v) is 5.64. The summed E-state index contributed by atoms with van der Waals surface area (Å²) in [6, 6.07) is 14.5. The van der Waals surface area contributed by atoms with Gasteiger partial charge in [0, 0.05) is 4.47 Å². The third-order valence-corrected chi connectivity index (χ3v) is 3.43. The van der Waals surface area contributed by atoms with Crippen molar-refractivity contribution in [3.8, 4) is 11.8 Å². The molecule has 0 aliphatic rings. The van der Waals surface area contributed by atoms with E-state index in [1.165, 1.54) is 6.21 Å². The summed E-state index contributed by atoms with van der Waals surface area (Å²) in [4.78, 5) is 11.7. The van der Waals surface area contributed by atoms with Crippen LogP contribution in [-0.2, 0) is 4.79 Å². The lowest BCUT2D eigenvalue weighted by Crippen LogP contribution is -2.24. The number of aryl methyl sites for hydroxylation is 1. The van der Waals surface area contributed by atoms with Gasteiger partial charge < -0.3 is 4.74 Å². The fraction of sp³-hybridized carbons (Fsp3) is 0.118. The lowest BCUT2D eigenvalue weighted by molar-refractivity contribution is -0.123. The third kappa shape index (κ3) is 5.24. The second kappa shape index (κ2) is 8.11. The Hall–Kier alpha value is -2.65. The number of nitrogens with one attached hydrogen (secondary N) is 1. The van der Waals surface area contributed by atoms with Crippen LogP contribution in [0.3, 0.4) is 0 Å². The van der Waals surface area contributed by atoms with Crippen LogP contribution in [0.15, 0.2) is 52.0 Å². The Bertz CT molecular complexity index is 764. The molecule has 0 heterocycles. The topological polar surface area (TPSA) is 74.5 Å². The molecule has 116 valence electrons. The number of hydrogen-bond acceptors (Lipinski definition) is 4. The fourth-order valence-corrected chi connectivity index (χ4v) is 2.25. The summed E-state index contributed by atoms with van der Waals surface area (Å²) in [5.74, 6) is 0.302. The number of ether oxygens (including phenoxy) is 1. The summed E-state index contributed by atoms with van der Waals surface area (Å²) < 4.78 is 6.40. The van der Waals surface area contributed by atoms with Gasteiger partial charge in [0.2, 0.25) is 0 Å². The smallest absolute Gasteiger partial charge is 0.277 e. The van der Waals surface area contributed by atoms with Crippen LogP contribution in [0.5, 0.6) is 5.75 Å². The molecular formula is C17H14BrN3O2. The maximum Gasteiger partial charge on any atom is 0.277 e. The Morgan fingerprint density at radius 2 is 2.09 bits per heavy atom. The maximum absolute atomic E-state index is 11.7. The number of hydrogen-bond donors (Lipinski definition) is 1. The van der Waals surface area contributed by atoms with Crippen LogP contribution >= 0.6 is 15.9 Å². The standard InChI is InChI=1S/C17H14BrN3O2/c1-12-8-15(18)6-7-16(12)23-11-17(22)21-20-10-14-4-2-13(9-19)3-5-14/h2-8,10H,11H2,1H3,(H,21,22). The number of halogens is 1. The second-order valence-electron chi connectivity index (χ2n) is 4.73. The molecule has 0 aliphatic heterocycles. The molecule has 23 heavy (non-hydrogen) atoms. The highest BCUT2D eigenvalue weighted by Crippen LogP contribution is 2.21. The van der Waals surface area contributed by atoms with E-state index in [1.807, 2.05) is 25.1 Å². The van der Waals surface area contributed by atoms with E-state index in [9.17, 15) is 4.79 Å². The van der Waals surface area contributed by atoms with Gasteiger partial charge in [0.1, 0.15) is 5.75 Å². The lowest BCUT2D eigenvalue weighted by Gasteiger charge is -2.08. The summed E-state index contributed by atoms with van der Waals surface area (Å²) in [5.41, 5.74) is 4.69. The average Bonchev–Trinajstić information content (AvgIpc) is 2.54. The highest BCUT2D eigenvalue weighted by molar-refractivity contribution is 9.10. The highest BCUT2D eigenvalue weighted by Gasteiger charge is 2.04. The minimum absolute atomic E-state index is 0.118. The van der Waals surface area contributed by atoms with Crippen molar-refractivity contribution in [3.63, 3.8) is 0 Å². The van der Waals surface area contributed by atoms with Crippen molar-refractivity contribution in [1.82, 2.24) is 5.43 Å². The van der Waals surface area contributed by atoms with Crippen LogP contribution in [0.25, 0.3) is 0 Å². The zero-order valence-electron chi connectivity index (χ0n) is 12.4. The number of nitrogens with zero attached hydrogens (tertiary/aromatic N) is 2. The molecule has 6 heteroatoms. The van der Waals surface area contributed by atoms with Crippen molar-refractivity contribution in [2.75, 3.05) is 6.61 Å². The molecule has 1 N–H and O–H groups in total. The Morgan fingerprint density at radius 3 is 2.74 bits per heavy atom. The molecule has 0 bridgehead atoms. The molecule has 0 spiro atoms. The molecule has 0 saturated heterocycles. The first-order valence-corrected chi connectivity index (χ1v) is 7.59. The van der Waals surface area contributed by atoms with E-state index < -0.39 is 0 Å². The Labute approximate surface area is 142 Å². The first-order valence-electron chi connectivity index (χ1n) is 6.79. The number of rotatable bonds is 5. The first-order chi connectivity index (χ1) is 11.1. The van der Waals surface area contributed by atoms with Gasteiger partial charge in [0.05, 0.1) is 17.8 Å². The summed E-state index contributed by atoms with van der Waals surface area (Å²) in [6.07, 6.45) is 1.50. The largest absolute Gasteiger partial charge is 0.483 e. The summed E-state index contributed by atoms with van der Waals surface area (Å²) >= 11 is 3.37. The van der Waals surface area contributed by atoms with Crippen molar-refractivity contribution in [3.05, 3.63) is 63.6 Å². The van der Waals surface area contributed by atoms with Crippen molar-refractivity contribution >= 4 is 28.1 Å². The van der Waals surface area contributed by atoms with E-state index in [-0.39, 0.29) is 12.5 Å². The number of carbonyl (C=O) groups excluding carboxylic acids is 1. The average molecular weight is 372 g/mol. The summed E-state index contributed by atoms with van der Waals surface area (Å²) in [5, 5.41) is 12.6. The van der Waals surface area contributed by atoms with E-state index in [2.05, 4.69) is 26.5 Å². The van der Waals surface area contributed by atoms with Gasteiger partial charge >= 0.3 is 0 Å². The molecule has 0 unspecified atom stereocenters. The normalized spacial score (nSPS) is 10.3. The Kier molecular flexibility index (Phi) is 5.89. The molecular weight excluding hydrogens is 358 g/mol. The predicted molar refractivity (Wildman–Crippen MR) is 91.3 cm³/mol. The lowest BCUT2D eigenvalue weighted by atomic mass is 10.2. The molecule has 0 fully saturated rings. The number of hydrazone groups is 1. The van der Waals surface area contributed by atoms with Crippen LogP contribution in [-0.4, -0.2) is 18.7 Å². The summed E-state index contributed by atoms with van der Waals surface area (Å²) in [6.45, 7) is 1.79. The molecule has 2 rings (SSSR count).